The van der Waals surface area contributed by atoms with Gasteiger partial charge in [0.2, 0.25) is 5.91 Å². The maximum absolute atomic E-state index is 14.2. The van der Waals surface area contributed by atoms with Gasteiger partial charge in [0, 0.05) is 24.8 Å². The molecule has 0 atom stereocenters. The fourth-order valence-corrected chi connectivity index (χ4v) is 3.18. The van der Waals surface area contributed by atoms with Gasteiger partial charge < -0.3 is 15.0 Å². The number of carbonyl (C=O) groups excluding carboxylic acids is 1. The van der Waals surface area contributed by atoms with Crippen LogP contribution in [0.1, 0.15) is 11.3 Å². The maximum Gasteiger partial charge on any atom is 0.316 e. The van der Waals surface area contributed by atoms with Crippen molar-refractivity contribution in [2.24, 2.45) is 0 Å². The maximum atomic E-state index is 14.2. The Balaban J connectivity index is 1.85. The smallest absolute Gasteiger partial charge is 0.316 e. The molecule has 1 aromatic carbocycles. The van der Waals surface area contributed by atoms with E-state index in [1.165, 1.54) is 18.1 Å². The molecule has 118 valence electrons. The molecule has 4 rings (SSSR count). The number of halogens is 1. The van der Waals surface area contributed by atoms with E-state index >= 15 is 0 Å². The first-order valence-corrected chi connectivity index (χ1v) is 7.33. The third-order valence-corrected chi connectivity index (χ3v) is 4.46. The van der Waals surface area contributed by atoms with Crippen molar-refractivity contribution in [2.45, 2.75) is 12.0 Å². The van der Waals surface area contributed by atoms with Gasteiger partial charge in [-0.2, -0.15) is 4.98 Å². The fourth-order valence-electron chi connectivity index (χ4n) is 3.18. The van der Waals surface area contributed by atoms with Crippen molar-refractivity contribution in [3.63, 3.8) is 0 Å². The Morgan fingerprint density at radius 1 is 1.35 bits per heavy atom. The molecule has 2 aromatic rings. The molecule has 0 bridgehead atoms. The molecular formula is C16H15FN4O2. The molecule has 3 heterocycles. The molecule has 0 aliphatic carbocycles. The number of carbonyl (C=O) groups is 1. The minimum absolute atomic E-state index is 0.144. The third-order valence-electron chi connectivity index (χ3n) is 4.46. The van der Waals surface area contributed by atoms with Crippen LogP contribution in [0, 0.1) is 5.82 Å². The van der Waals surface area contributed by atoms with Crippen molar-refractivity contribution in [1.82, 2.24) is 15.3 Å². The highest BCUT2D eigenvalue weighted by Gasteiger charge is 2.54. The summed E-state index contributed by atoms with van der Waals surface area (Å²) in [5.41, 5.74) is 1.01. The number of hydrogen-bond acceptors (Lipinski definition) is 5. The average molecular weight is 314 g/mol. The van der Waals surface area contributed by atoms with Crippen LogP contribution in [-0.4, -0.2) is 36.1 Å². The van der Waals surface area contributed by atoms with E-state index < -0.39 is 11.2 Å². The van der Waals surface area contributed by atoms with Gasteiger partial charge in [0.25, 0.3) is 0 Å². The van der Waals surface area contributed by atoms with Crippen LogP contribution in [0.25, 0.3) is 0 Å². The van der Waals surface area contributed by atoms with Crippen molar-refractivity contribution < 1.29 is 13.9 Å². The molecule has 2 aliphatic rings. The van der Waals surface area contributed by atoms with Crippen LogP contribution >= 0.6 is 0 Å². The first kappa shape index (κ1) is 14.1. The largest absolute Gasteiger partial charge is 0.467 e. The molecule has 0 unspecified atom stereocenters. The van der Waals surface area contributed by atoms with Crippen LogP contribution in [0.3, 0.4) is 0 Å². The minimum atomic E-state index is -0.772. The standard InChI is InChI=1S/C16H15FN4O2/c1-23-15-19-6-10-7-21(12-5-3-2-4-11(12)17)14(22)16(8-18-9-16)13(10)20-15/h2-6,18H,7-9H2,1H3. The van der Waals surface area contributed by atoms with Crippen LogP contribution in [0.2, 0.25) is 0 Å². The van der Waals surface area contributed by atoms with Crippen LogP contribution in [0.4, 0.5) is 10.1 Å². The van der Waals surface area contributed by atoms with E-state index in [-0.39, 0.29) is 24.1 Å². The number of nitrogens with zero attached hydrogens (tertiary/aromatic N) is 3. The molecule has 1 aromatic heterocycles. The monoisotopic (exact) mass is 314 g/mol. The predicted octanol–water partition coefficient (Wildman–Crippen LogP) is 1.01. The van der Waals surface area contributed by atoms with Crippen molar-refractivity contribution >= 4 is 11.6 Å². The number of rotatable bonds is 2. The SMILES string of the molecule is COc1ncc2c(n1)C1(CNC1)C(=O)N(c1ccccc1F)C2. The molecule has 1 fully saturated rings. The molecule has 0 radical (unpaired) electrons. The second kappa shape index (κ2) is 4.99. The summed E-state index contributed by atoms with van der Waals surface area (Å²) in [4.78, 5) is 23.1. The summed E-state index contributed by atoms with van der Waals surface area (Å²) in [6.07, 6.45) is 1.65. The van der Waals surface area contributed by atoms with E-state index in [0.717, 1.165) is 5.56 Å². The average Bonchev–Trinajstić information content (AvgIpc) is 2.53. The Labute approximate surface area is 132 Å². The number of hydrogen-bond donors (Lipinski definition) is 1. The minimum Gasteiger partial charge on any atom is -0.467 e. The highest BCUT2D eigenvalue weighted by molar-refractivity contribution is 6.03. The molecular weight excluding hydrogens is 299 g/mol. The van der Waals surface area contributed by atoms with Crippen LogP contribution in [0.15, 0.2) is 30.5 Å². The quantitative estimate of drug-likeness (QED) is 0.896. The summed E-state index contributed by atoms with van der Waals surface area (Å²) in [6, 6.07) is 6.53. The van der Waals surface area contributed by atoms with Gasteiger partial charge in [-0.1, -0.05) is 12.1 Å². The van der Waals surface area contributed by atoms with Crippen LogP contribution in [0.5, 0.6) is 6.01 Å². The van der Waals surface area contributed by atoms with Gasteiger partial charge in [-0.15, -0.1) is 0 Å². The Kier molecular flexibility index (Phi) is 3.05. The number of anilines is 1. The van der Waals surface area contributed by atoms with Gasteiger partial charge >= 0.3 is 6.01 Å². The molecule has 0 saturated carbocycles. The van der Waals surface area contributed by atoms with E-state index in [9.17, 15) is 9.18 Å². The summed E-state index contributed by atoms with van der Waals surface area (Å²) in [5.74, 6) is -0.559. The zero-order valence-electron chi connectivity index (χ0n) is 12.5. The molecule has 6 nitrogen and oxygen atoms in total. The fraction of sp³-hybridized carbons (Fsp3) is 0.312. The second-order valence-electron chi connectivity index (χ2n) is 5.76. The second-order valence-corrected chi connectivity index (χ2v) is 5.76. The molecule has 7 heteroatoms. The Morgan fingerprint density at radius 2 is 2.13 bits per heavy atom. The Morgan fingerprint density at radius 3 is 2.78 bits per heavy atom. The van der Waals surface area contributed by atoms with Crippen molar-refractivity contribution in [3.8, 4) is 6.01 Å². The lowest BCUT2D eigenvalue weighted by molar-refractivity contribution is -0.127. The van der Waals surface area contributed by atoms with Crippen LogP contribution in [-0.2, 0) is 16.8 Å². The lowest BCUT2D eigenvalue weighted by Crippen LogP contribution is -2.68. The molecule has 1 N–H and O–H groups in total. The third kappa shape index (κ3) is 1.93. The number of nitrogens with one attached hydrogen (secondary N) is 1. The predicted molar refractivity (Wildman–Crippen MR) is 80.7 cm³/mol. The zero-order chi connectivity index (χ0) is 16.0. The van der Waals surface area contributed by atoms with Gasteiger partial charge in [0.15, 0.2) is 0 Å². The number of aromatic nitrogens is 2. The van der Waals surface area contributed by atoms with Crippen molar-refractivity contribution in [1.29, 1.82) is 0 Å². The number of fused-ring (bicyclic) bond motifs is 2. The number of benzene rings is 1. The van der Waals surface area contributed by atoms with E-state index in [4.69, 9.17) is 4.74 Å². The zero-order valence-corrected chi connectivity index (χ0v) is 12.5. The lowest BCUT2D eigenvalue weighted by Gasteiger charge is -2.47. The summed E-state index contributed by atoms with van der Waals surface area (Å²) < 4.78 is 19.2. The van der Waals surface area contributed by atoms with Gasteiger partial charge in [-0.3, -0.25) is 4.79 Å². The summed E-state index contributed by atoms with van der Waals surface area (Å²) in [7, 11) is 1.49. The summed E-state index contributed by atoms with van der Waals surface area (Å²) in [5, 5.41) is 3.12. The normalized spacial score (nSPS) is 18.5. The summed E-state index contributed by atoms with van der Waals surface area (Å²) >= 11 is 0. The Hall–Kier alpha value is -2.54. The van der Waals surface area contributed by atoms with Gasteiger partial charge in [0.1, 0.15) is 11.2 Å². The topological polar surface area (TPSA) is 67.4 Å². The molecule has 1 saturated heterocycles. The molecule has 1 amide bonds. The summed E-state index contributed by atoms with van der Waals surface area (Å²) in [6.45, 7) is 1.20. The number of ether oxygens (including phenoxy) is 1. The van der Waals surface area contributed by atoms with Gasteiger partial charge in [-0.05, 0) is 12.1 Å². The van der Waals surface area contributed by atoms with E-state index in [2.05, 4.69) is 15.3 Å². The van der Waals surface area contributed by atoms with E-state index in [1.807, 2.05) is 0 Å². The van der Waals surface area contributed by atoms with Gasteiger partial charge in [0.05, 0.1) is 25.0 Å². The first-order valence-electron chi connectivity index (χ1n) is 7.33. The van der Waals surface area contributed by atoms with E-state index in [0.29, 0.717) is 18.8 Å². The number of methoxy groups -OCH3 is 1. The molecule has 1 spiro atoms. The van der Waals surface area contributed by atoms with Crippen LogP contribution < -0.4 is 15.0 Å². The number of para-hydroxylation sites is 1. The van der Waals surface area contributed by atoms with Crippen molar-refractivity contribution in [3.05, 3.63) is 47.5 Å². The molecule has 2 aliphatic heterocycles. The molecule has 23 heavy (non-hydrogen) atoms. The van der Waals surface area contributed by atoms with Crippen molar-refractivity contribution in [2.75, 3.05) is 25.1 Å². The highest BCUT2D eigenvalue weighted by atomic mass is 19.1. The van der Waals surface area contributed by atoms with Gasteiger partial charge in [-0.25, -0.2) is 9.37 Å². The first-order chi connectivity index (χ1) is 11.2. The Bertz CT molecular complexity index is 791. The lowest BCUT2D eigenvalue weighted by atomic mass is 9.73. The number of amides is 1. The van der Waals surface area contributed by atoms with E-state index in [1.54, 1.807) is 24.4 Å². The highest BCUT2D eigenvalue weighted by Crippen LogP contribution is 2.39.